The highest BCUT2D eigenvalue weighted by Gasteiger charge is 2.13. The summed E-state index contributed by atoms with van der Waals surface area (Å²) >= 11 is 0. The van der Waals surface area contributed by atoms with Crippen molar-refractivity contribution in [3.05, 3.63) is 65.5 Å². The number of nitrogens with one attached hydrogen (secondary N) is 1. The van der Waals surface area contributed by atoms with Crippen LogP contribution in [-0.4, -0.2) is 4.98 Å². The van der Waals surface area contributed by atoms with E-state index in [9.17, 15) is 8.78 Å². The summed E-state index contributed by atoms with van der Waals surface area (Å²) in [5.74, 6) is -1.64. The van der Waals surface area contributed by atoms with Crippen molar-refractivity contribution in [2.24, 2.45) is 0 Å². The quantitative estimate of drug-likeness (QED) is 0.907. The minimum absolute atomic E-state index is 0.0784. The van der Waals surface area contributed by atoms with Gasteiger partial charge in [-0.1, -0.05) is 12.1 Å². The Morgan fingerprint density at radius 2 is 1.74 bits per heavy atom. The number of benzene rings is 1. The van der Waals surface area contributed by atoms with Crippen LogP contribution < -0.4 is 5.32 Å². The van der Waals surface area contributed by atoms with Gasteiger partial charge in [-0.2, -0.15) is 0 Å². The molecule has 0 saturated carbocycles. The standard InChI is InChI=1S/C15H16F2N2/c1-10(12-5-6-14(16)15(17)8-12)19-11(2)13-4-3-7-18-9-13/h3-11,19H,1-2H3. The Bertz CT molecular complexity index is 543. The van der Waals surface area contributed by atoms with Gasteiger partial charge in [-0.15, -0.1) is 0 Å². The van der Waals surface area contributed by atoms with Gasteiger partial charge in [0, 0.05) is 24.5 Å². The summed E-state index contributed by atoms with van der Waals surface area (Å²) < 4.78 is 26.1. The number of rotatable bonds is 4. The van der Waals surface area contributed by atoms with Crippen LogP contribution in [0, 0.1) is 11.6 Å². The minimum atomic E-state index is -0.823. The summed E-state index contributed by atoms with van der Waals surface area (Å²) in [5.41, 5.74) is 1.77. The molecule has 0 bridgehead atoms. The fourth-order valence-electron chi connectivity index (χ4n) is 1.98. The van der Waals surface area contributed by atoms with Gasteiger partial charge in [-0.3, -0.25) is 4.98 Å². The van der Waals surface area contributed by atoms with Crippen LogP contribution in [0.25, 0.3) is 0 Å². The molecule has 0 aliphatic carbocycles. The number of hydrogen-bond donors (Lipinski definition) is 1. The molecule has 1 heterocycles. The smallest absolute Gasteiger partial charge is 0.159 e. The molecule has 2 rings (SSSR count). The minimum Gasteiger partial charge on any atom is -0.304 e. The Kier molecular flexibility index (Phi) is 4.22. The van der Waals surface area contributed by atoms with Gasteiger partial charge in [0.1, 0.15) is 0 Å². The lowest BCUT2D eigenvalue weighted by Crippen LogP contribution is -2.22. The Morgan fingerprint density at radius 1 is 1.00 bits per heavy atom. The van der Waals surface area contributed by atoms with Crippen molar-refractivity contribution in [2.75, 3.05) is 0 Å². The van der Waals surface area contributed by atoms with Crippen molar-refractivity contribution < 1.29 is 8.78 Å². The summed E-state index contributed by atoms with van der Waals surface area (Å²) in [7, 11) is 0. The van der Waals surface area contributed by atoms with E-state index in [1.165, 1.54) is 6.07 Å². The van der Waals surface area contributed by atoms with Crippen molar-refractivity contribution in [3.8, 4) is 0 Å². The predicted octanol–water partition coefficient (Wildman–Crippen LogP) is 3.77. The summed E-state index contributed by atoms with van der Waals surface area (Å²) in [5, 5.41) is 3.33. The molecule has 2 atom stereocenters. The second-order valence-electron chi connectivity index (χ2n) is 4.57. The lowest BCUT2D eigenvalue weighted by atomic mass is 10.1. The molecule has 0 fully saturated rings. The highest BCUT2D eigenvalue weighted by molar-refractivity contribution is 5.22. The van der Waals surface area contributed by atoms with Crippen LogP contribution in [0.5, 0.6) is 0 Å². The van der Waals surface area contributed by atoms with Crippen LogP contribution >= 0.6 is 0 Å². The average molecular weight is 262 g/mol. The van der Waals surface area contributed by atoms with Crippen LogP contribution in [0.2, 0.25) is 0 Å². The predicted molar refractivity (Wildman–Crippen MR) is 70.6 cm³/mol. The van der Waals surface area contributed by atoms with Crippen molar-refractivity contribution in [3.63, 3.8) is 0 Å². The van der Waals surface area contributed by atoms with Gasteiger partial charge in [-0.25, -0.2) is 8.78 Å². The van der Waals surface area contributed by atoms with Gasteiger partial charge in [-0.05, 0) is 43.2 Å². The second-order valence-corrected chi connectivity index (χ2v) is 4.57. The molecule has 0 aliphatic heterocycles. The van der Waals surface area contributed by atoms with E-state index in [1.54, 1.807) is 18.5 Å². The van der Waals surface area contributed by atoms with E-state index in [4.69, 9.17) is 0 Å². The summed E-state index contributed by atoms with van der Waals surface area (Å²) in [4.78, 5) is 4.06. The lowest BCUT2D eigenvalue weighted by Gasteiger charge is -2.20. The van der Waals surface area contributed by atoms with E-state index < -0.39 is 11.6 Å². The number of hydrogen-bond acceptors (Lipinski definition) is 2. The molecule has 100 valence electrons. The molecule has 19 heavy (non-hydrogen) atoms. The summed E-state index contributed by atoms with van der Waals surface area (Å²) in [6.45, 7) is 3.92. The number of halogens is 2. The largest absolute Gasteiger partial charge is 0.304 e. The van der Waals surface area contributed by atoms with Crippen LogP contribution in [0.15, 0.2) is 42.7 Å². The third-order valence-electron chi connectivity index (χ3n) is 3.13. The van der Waals surface area contributed by atoms with Gasteiger partial charge in [0.25, 0.3) is 0 Å². The monoisotopic (exact) mass is 262 g/mol. The highest BCUT2D eigenvalue weighted by atomic mass is 19.2. The molecule has 1 aromatic heterocycles. The maximum Gasteiger partial charge on any atom is 0.159 e. The van der Waals surface area contributed by atoms with Gasteiger partial charge >= 0.3 is 0 Å². The van der Waals surface area contributed by atoms with Gasteiger partial charge in [0.2, 0.25) is 0 Å². The molecule has 4 heteroatoms. The second kappa shape index (κ2) is 5.89. The average Bonchev–Trinajstić information content (AvgIpc) is 2.42. The molecule has 2 aromatic rings. The molecule has 0 radical (unpaired) electrons. The van der Waals surface area contributed by atoms with E-state index in [0.717, 1.165) is 17.2 Å². The normalized spacial score (nSPS) is 14.1. The van der Waals surface area contributed by atoms with Gasteiger partial charge in [0.05, 0.1) is 0 Å². The molecule has 1 aromatic carbocycles. The SMILES string of the molecule is CC(NC(C)c1ccc(F)c(F)c1)c1cccnc1. The van der Waals surface area contributed by atoms with Crippen LogP contribution in [0.1, 0.15) is 37.1 Å². The van der Waals surface area contributed by atoms with Crippen LogP contribution in [0.3, 0.4) is 0 Å². The van der Waals surface area contributed by atoms with E-state index in [0.29, 0.717) is 0 Å². The Balaban J connectivity index is 2.08. The van der Waals surface area contributed by atoms with Gasteiger partial charge in [0.15, 0.2) is 11.6 Å². The van der Waals surface area contributed by atoms with E-state index in [-0.39, 0.29) is 12.1 Å². The van der Waals surface area contributed by atoms with Gasteiger partial charge < -0.3 is 5.32 Å². The Hall–Kier alpha value is -1.81. The molecule has 0 saturated heterocycles. The maximum absolute atomic E-state index is 13.2. The maximum atomic E-state index is 13.2. The summed E-state index contributed by atoms with van der Waals surface area (Å²) in [6, 6.07) is 7.81. The molecule has 0 spiro atoms. The molecule has 0 amide bonds. The third-order valence-corrected chi connectivity index (χ3v) is 3.13. The third kappa shape index (κ3) is 3.35. The zero-order valence-electron chi connectivity index (χ0n) is 10.9. The topological polar surface area (TPSA) is 24.9 Å². The lowest BCUT2D eigenvalue weighted by molar-refractivity contribution is 0.479. The zero-order chi connectivity index (χ0) is 13.8. The fourth-order valence-corrected chi connectivity index (χ4v) is 1.98. The first-order valence-corrected chi connectivity index (χ1v) is 6.19. The van der Waals surface area contributed by atoms with Crippen molar-refractivity contribution in [2.45, 2.75) is 25.9 Å². The Labute approximate surface area is 111 Å². The summed E-state index contributed by atoms with van der Waals surface area (Å²) in [6.07, 6.45) is 3.50. The van der Waals surface area contributed by atoms with E-state index in [1.807, 2.05) is 26.0 Å². The molecule has 1 N–H and O–H groups in total. The molecular weight excluding hydrogens is 246 g/mol. The number of pyridine rings is 1. The molecular formula is C15H16F2N2. The molecule has 2 unspecified atom stereocenters. The van der Waals surface area contributed by atoms with Crippen molar-refractivity contribution in [1.29, 1.82) is 0 Å². The van der Waals surface area contributed by atoms with Crippen molar-refractivity contribution >= 4 is 0 Å². The molecule has 2 nitrogen and oxygen atoms in total. The Morgan fingerprint density at radius 3 is 2.37 bits per heavy atom. The van der Waals surface area contributed by atoms with Crippen LogP contribution in [-0.2, 0) is 0 Å². The zero-order valence-corrected chi connectivity index (χ0v) is 10.9. The van der Waals surface area contributed by atoms with E-state index >= 15 is 0 Å². The first-order valence-electron chi connectivity index (χ1n) is 6.19. The molecule has 0 aliphatic rings. The number of aromatic nitrogens is 1. The van der Waals surface area contributed by atoms with E-state index in [2.05, 4.69) is 10.3 Å². The first kappa shape index (κ1) is 13.6. The van der Waals surface area contributed by atoms with Crippen LogP contribution in [0.4, 0.5) is 8.78 Å². The fraction of sp³-hybridized carbons (Fsp3) is 0.267. The number of nitrogens with zero attached hydrogens (tertiary/aromatic N) is 1. The van der Waals surface area contributed by atoms with Crippen molar-refractivity contribution in [1.82, 2.24) is 10.3 Å². The highest BCUT2D eigenvalue weighted by Crippen LogP contribution is 2.20. The first-order chi connectivity index (χ1) is 9.08.